The van der Waals surface area contributed by atoms with Crippen molar-refractivity contribution in [2.24, 2.45) is 0 Å². The van der Waals surface area contributed by atoms with Crippen LogP contribution in [0.15, 0.2) is 24.3 Å². The highest BCUT2D eigenvalue weighted by Crippen LogP contribution is 2.43. The first kappa shape index (κ1) is 16.4. The fourth-order valence-electron chi connectivity index (χ4n) is 2.84. The van der Waals surface area contributed by atoms with Crippen molar-refractivity contribution >= 4 is 0 Å². The summed E-state index contributed by atoms with van der Waals surface area (Å²) in [7, 11) is 0. The normalized spacial score (nSPS) is 11.7. The van der Waals surface area contributed by atoms with Crippen LogP contribution in [0.5, 0.6) is 11.5 Å². The Labute approximate surface area is 133 Å². The highest BCUT2D eigenvalue weighted by molar-refractivity contribution is 5.79. The van der Waals surface area contributed by atoms with Crippen molar-refractivity contribution in [2.45, 2.75) is 53.4 Å². The molecule has 0 aromatic heterocycles. The summed E-state index contributed by atoms with van der Waals surface area (Å²) in [4.78, 5) is 0. The molecule has 0 fully saturated rings. The molecule has 2 aromatic rings. The minimum Gasteiger partial charge on any atom is -0.507 e. The van der Waals surface area contributed by atoms with Gasteiger partial charge in [0.1, 0.15) is 11.5 Å². The van der Waals surface area contributed by atoms with Gasteiger partial charge in [0.15, 0.2) is 0 Å². The van der Waals surface area contributed by atoms with E-state index >= 15 is 0 Å². The van der Waals surface area contributed by atoms with E-state index in [9.17, 15) is 10.2 Å². The largest absolute Gasteiger partial charge is 0.507 e. The lowest BCUT2D eigenvalue weighted by atomic mass is 9.82. The molecule has 118 valence electrons. The van der Waals surface area contributed by atoms with Crippen LogP contribution in [-0.4, -0.2) is 10.2 Å². The molecule has 0 atom stereocenters. The number of rotatable bonds is 2. The molecule has 0 aliphatic heterocycles. The number of aryl methyl sites for hydroxylation is 3. The lowest BCUT2D eigenvalue weighted by molar-refractivity contribution is 0.446. The lowest BCUT2D eigenvalue weighted by Gasteiger charge is -2.24. The Morgan fingerprint density at radius 1 is 0.864 bits per heavy atom. The molecule has 0 bridgehead atoms. The molecule has 0 saturated heterocycles. The smallest absolute Gasteiger partial charge is 0.127 e. The molecule has 0 aliphatic rings. The average molecular weight is 298 g/mol. The van der Waals surface area contributed by atoms with Crippen molar-refractivity contribution < 1.29 is 10.2 Å². The lowest BCUT2D eigenvalue weighted by Crippen LogP contribution is -2.12. The minimum absolute atomic E-state index is 0.154. The van der Waals surface area contributed by atoms with Crippen LogP contribution < -0.4 is 0 Å². The molecule has 0 saturated carbocycles. The van der Waals surface area contributed by atoms with E-state index in [1.165, 1.54) is 0 Å². The molecular formula is C20H26O2. The maximum atomic E-state index is 10.8. The number of phenols is 2. The number of phenolic OH excluding ortho intramolecular Hbond substituents is 2. The standard InChI is InChI=1S/C20H26O2/c1-7-14-10-16(19(22)17(11-14)20(4,5)6)15-9-12(2)8-13(3)18(15)21/h8-11,21-22H,7H2,1-6H3. The molecule has 2 rings (SSSR count). The Hall–Kier alpha value is -1.96. The van der Waals surface area contributed by atoms with Gasteiger partial charge in [-0.25, -0.2) is 0 Å². The number of hydrogen-bond acceptors (Lipinski definition) is 2. The monoisotopic (exact) mass is 298 g/mol. The van der Waals surface area contributed by atoms with Gasteiger partial charge in [-0.15, -0.1) is 0 Å². The second-order valence-electron chi connectivity index (χ2n) is 7.12. The van der Waals surface area contributed by atoms with Crippen LogP contribution in [0.2, 0.25) is 0 Å². The van der Waals surface area contributed by atoms with E-state index in [0.29, 0.717) is 11.1 Å². The first-order chi connectivity index (χ1) is 10.1. The summed E-state index contributed by atoms with van der Waals surface area (Å²) < 4.78 is 0. The topological polar surface area (TPSA) is 40.5 Å². The Balaban J connectivity index is 2.81. The predicted molar refractivity (Wildman–Crippen MR) is 92.8 cm³/mol. The second kappa shape index (κ2) is 5.68. The van der Waals surface area contributed by atoms with Crippen molar-refractivity contribution in [3.63, 3.8) is 0 Å². The van der Waals surface area contributed by atoms with E-state index in [0.717, 1.165) is 28.7 Å². The maximum absolute atomic E-state index is 10.8. The van der Waals surface area contributed by atoms with Crippen LogP contribution in [0, 0.1) is 13.8 Å². The van der Waals surface area contributed by atoms with E-state index in [1.54, 1.807) is 0 Å². The third-order valence-corrected chi connectivity index (χ3v) is 4.12. The zero-order valence-corrected chi connectivity index (χ0v) is 14.4. The van der Waals surface area contributed by atoms with Gasteiger partial charge < -0.3 is 10.2 Å². The summed E-state index contributed by atoms with van der Waals surface area (Å²) in [6, 6.07) is 7.94. The van der Waals surface area contributed by atoms with Gasteiger partial charge in [0.25, 0.3) is 0 Å². The van der Waals surface area contributed by atoms with Gasteiger partial charge in [-0.1, -0.05) is 39.8 Å². The molecule has 0 unspecified atom stereocenters. The van der Waals surface area contributed by atoms with Crippen LogP contribution >= 0.6 is 0 Å². The Morgan fingerprint density at radius 3 is 2.00 bits per heavy atom. The molecule has 2 nitrogen and oxygen atoms in total. The fourth-order valence-corrected chi connectivity index (χ4v) is 2.84. The van der Waals surface area contributed by atoms with Crippen molar-refractivity contribution in [3.05, 3.63) is 46.5 Å². The van der Waals surface area contributed by atoms with Crippen molar-refractivity contribution in [1.82, 2.24) is 0 Å². The maximum Gasteiger partial charge on any atom is 0.127 e. The predicted octanol–water partition coefficient (Wildman–Crippen LogP) is 5.24. The van der Waals surface area contributed by atoms with Crippen LogP contribution in [0.4, 0.5) is 0 Å². The van der Waals surface area contributed by atoms with Gasteiger partial charge >= 0.3 is 0 Å². The van der Waals surface area contributed by atoms with E-state index in [4.69, 9.17) is 0 Å². The Morgan fingerprint density at radius 2 is 1.45 bits per heavy atom. The molecule has 2 aromatic carbocycles. The zero-order valence-electron chi connectivity index (χ0n) is 14.4. The summed E-state index contributed by atoms with van der Waals surface area (Å²) in [6.07, 6.45) is 0.891. The molecule has 0 amide bonds. The van der Waals surface area contributed by atoms with Gasteiger partial charge in [-0.05, 0) is 54.5 Å². The Bertz CT molecular complexity index is 707. The third-order valence-electron chi connectivity index (χ3n) is 4.12. The summed E-state index contributed by atoms with van der Waals surface area (Å²) in [5.74, 6) is 0.513. The molecule has 0 spiro atoms. The SMILES string of the molecule is CCc1cc(-c2cc(C)cc(C)c2O)c(O)c(C(C)(C)C)c1. The molecule has 22 heavy (non-hydrogen) atoms. The summed E-state index contributed by atoms with van der Waals surface area (Å²) in [5.41, 5.74) is 5.25. The van der Waals surface area contributed by atoms with Crippen LogP contribution in [0.3, 0.4) is 0 Å². The van der Waals surface area contributed by atoms with Crippen molar-refractivity contribution in [2.75, 3.05) is 0 Å². The van der Waals surface area contributed by atoms with Crippen LogP contribution in [0.1, 0.15) is 49.9 Å². The van der Waals surface area contributed by atoms with E-state index in [1.807, 2.05) is 32.0 Å². The zero-order chi connectivity index (χ0) is 16.7. The van der Waals surface area contributed by atoms with E-state index < -0.39 is 0 Å². The average Bonchev–Trinajstić information content (AvgIpc) is 2.42. The molecule has 2 heteroatoms. The van der Waals surface area contributed by atoms with Gasteiger partial charge in [0.05, 0.1) is 0 Å². The third kappa shape index (κ3) is 2.96. The molecule has 0 aliphatic carbocycles. The molecule has 2 N–H and O–H groups in total. The summed E-state index contributed by atoms with van der Waals surface area (Å²) in [6.45, 7) is 12.3. The fraction of sp³-hybridized carbons (Fsp3) is 0.400. The van der Waals surface area contributed by atoms with Crippen LogP contribution in [-0.2, 0) is 11.8 Å². The van der Waals surface area contributed by atoms with Crippen LogP contribution in [0.25, 0.3) is 11.1 Å². The first-order valence-corrected chi connectivity index (χ1v) is 7.82. The number of aromatic hydroxyl groups is 2. The van der Waals surface area contributed by atoms with Crippen molar-refractivity contribution in [3.8, 4) is 22.6 Å². The number of benzene rings is 2. The molecular weight excluding hydrogens is 272 g/mol. The summed E-state index contributed by atoms with van der Waals surface area (Å²) in [5, 5.41) is 21.2. The quantitative estimate of drug-likeness (QED) is 0.795. The summed E-state index contributed by atoms with van der Waals surface area (Å²) >= 11 is 0. The van der Waals surface area contributed by atoms with Gasteiger partial charge in [-0.3, -0.25) is 0 Å². The van der Waals surface area contributed by atoms with Crippen molar-refractivity contribution in [1.29, 1.82) is 0 Å². The highest BCUT2D eigenvalue weighted by Gasteiger charge is 2.23. The van der Waals surface area contributed by atoms with Gasteiger partial charge in [-0.2, -0.15) is 0 Å². The Kier molecular flexibility index (Phi) is 4.23. The number of hydrogen-bond donors (Lipinski definition) is 2. The second-order valence-corrected chi connectivity index (χ2v) is 7.12. The molecule has 0 radical (unpaired) electrons. The van der Waals surface area contributed by atoms with Gasteiger partial charge in [0.2, 0.25) is 0 Å². The minimum atomic E-state index is -0.154. The molecule has 0 heterocycles. The van der Waals surface area contributed by atoms with E-state index in [-0.39, 0.29) is 16.9 Å². The van der Waals surface area contributed by atoms with E-state index in [2.05, 4.69) is 33.8 Å². The highest BCUT2D eigenvalue weighted by atomic mass is 16.3. The first-order valence-electron chi connectivity index (χ1n) is 7.82. The van der Waals surface area contributed by atoms with Gasteiger partial charge in [0, 0.05) is 16.7 Å².